The molecule has 0 radical (unpaired) electrons. The van der Waals surface area contributed by atoms with Crippen molar-refractivity contribution in [1.82, 2.24) is 4.90 Å². The molecule has 0 aromatic heterocycles. The van der Waals surface area contributed by atoms with E-state index in [1.807, 2.05) is 18.0 Å². The Bertz CT molecular complexity index is 304. The summed E-state index contributed by atoms with van der Waals surface area (Å²) in [6.07, 6.45) is 0. The molecule has 4 heteroatoms. The summed E-state index contributed by atoms with van der Waals surface area (Å²) in [5.41, 5.74) is 6.20. The van der Waals surface area contributed by atoms with E-state index in [4.69, 9.17) is 17.3 Å². The minimum absolute atomic E-state index is 0.205. The summed E-state index contributed by atoms with van der Waals surface area (Å²) in [6, 6.07) is 4.83. The lowest BCUT2D eigenvalue weighted by Gasteiger charge is -2.16. The fourth-order valence-corrected chi connectivity index (χ4v) is 1.45. The van der Waals surface area contributed by atoms with E-state index in [1.165, 1.54) is 6.07 Å². The molecule has 78 valence electrons. The van der Waals surface area contributed by atoms with Gasteiger partial charge in [0.2, 0.25) is 0 Å². The summed E-state index contributed by atoms with van der Waals surface area (Å²) < 4.78 is 13.0. The number of hydrogen-bond donors (Lipinski definition) is 1. The van der Waals surface area contributed by atoms with Gasteiger partial charge in [0.15, 0.2) is 0 Å². The molecule has 0 atom stereocenters. The highest BCUT2D eigenvalue weighted by Crippen LogP contribution is 2.20. The molecule has 0 fully saturated rings. The summed E-state index contributed by atoms with van der Waals surface area (Å²) in [7, 11) is 1.92. The predicted octanol–water partition coefficient (Wildman–Crippen LogP) is 1.87. The highest BCUT2D eigenvalue weighted by Gasteiger charge is 2.07. The van der Waals surface area contributed by atoms with Crippen LogP contribution in [0.2, 0.25) is 5.02 Å². The minimum atomic E-state index is -0.370. The average Bonchev–Trinajstić information content (AvgIpc) is 2.13. The molecule has 0 heterocycles. The third-order valence-electron chi connectivity index (χ3n) is 1.98. The van der Waals surface area contributed by atoms with Gasteiger partial charge in [-0.3, -0.25) is 0 Å². The molecule has 2 N–H and O–H groups in total. The van der Waals surface area contributed by atoms with Crippen molar-refractivity contribution in [2.24, 2.45) is 5.73 Å². The second-order valence-electron chi connectivity index (χ2n) is 3.24. The molecule has 0 saturated heterocycles. The fourth-order valence-electron chi connectivity index (χ4n) is 1.26. The van der Waals surface area contributed by atoms with E-state index >= 15 is 0 Å². The maximum atomic E-state index is 13.0. The van der Waals surface area contributed by atoms with Crippen molar-refractivity contribution in [3.05, 3.63) is 34.6 Å². The van der Waals surface area contributed by atoms with Crippen molar-refractivity contribution in [2.45, 2.75) is 6.54 Å². The molecule has 2 nitrogen and oxygen atoms in total. The molecule has 0 aliphatic rings. The minimum Gasteiger partial charge on any atom is -0.329 e. The Hall–Kier alpha value is -0.640. The summed E-state index contributed by atoms with van der Waals surface area (Å²) in [5.74, 6) is -0.370. The van der Waals surface area contributed by atoms with Crippen LogP contribution in [-0.4, -0.2) is 25.0 Å². The molecule has 0 amide bonds. The molecule has 1 aromatic rings. The van der Waals surface area contributed by atoms with Crippen LogP contribution in [0.4, 0.5) is 4.39 Å². The standard InChI is InChI=1S/C10H14ClFN2/c1-14(6-5-13)7-8-3-2-4-9(12)10(8)11/h2-4H,5-7,13H2,1H3. The van der Waals surface area contributed by atoms with Gasteiger partial charge < -0.3 is 10.6 Å². The molecule has 1 rings (SSSR count). The Balaban J connectivity index is 2.71. The number of benzene rings is 1. The Morgan fingerprint density at radius 3 is 2.86 bits per heavy atom. The third-order valence-corrected chi connectivity index (χ3v) is 2.41. The van der Waals surface area contributed by atoms with Crippen LogP contribution in [0.25, 0.3) is 0 Å². The molecule has 0 unspecified atom stereocenters. The molecule has 0 spiro atoms. The van der Waals surface area contributed by atoms with Gasteiger partial charge in [-0.1, -0.05) is 23.7 Å². The van der Waals surface area contributed by atoms with Gasteiger partial charge >= 0.3 is 0 Å². The zero-order valence-corrected chi connectivity index (χ0v) is 8.89. The van der Waals surface area contributed by atoms with Crippen molar-refractivity contribution in [3.8, 4) is 0 Å². The zero-order valence-electron chi connectivity index (χ0n) is 8.13. The normalized spacial score (nSPS) is 10.9. The first kappa shape index (κ1) is 11.4. The summed E-state index contributed by atoms with van der Waals surface area (Å²) in [6.45, 7) is 1.98. The quantitative estimate of drug-likeness (QED) is 0.833. The van der Waals surface area contributed by atoms with Gasteiger partial charge in [-0.05, 0) is 18.7 Å². The van der Waals surface area contributed by atoms with Crippen LogP contribution in [0.5, 0.6) is 0 Å². The van der Waals surface area contributed by atoms with Crippen molar-refractivity contribution < 1.29 is 4.39 Å². The second kappa shape index (κ2) is 5.29. The van der Waals surface area contributed by atoms with Crippen molar-refractivity contribution >= 4 is 11.6 Å². The van der Waals surface area contributed by atoms with Crippen molar-refractivity contribution in [2.75, 3.05) is 20.1 Å². The van der Waals surface area contributed by atoms with Gasteiger partial charge in [0.1, 0.15) is 5.82 Å². The predicted molar refractivity (Wildman–Crippen MR) is 56.8 cm³/mol. The van der Waals surface area contributed by atoms with Crippen LogP contribution in [0, 0.1) is 5.82 Å². The SMILES string of the molecule is CN(CCN)Cc1cccc(F)c1Cl. The summed E-state index contributed by atoms with van der Waals surface area (Å²) >= 11 is 5.80. The smallest absolute Gasteiger partial charge is 0.142 e. The number of halogens is 2. The van der Waals surface area contributed by atoms with Gasteiger partial charge in [0.25, 0.3) is 0 Å². The lowest BCUT2D eigenvalue weighted by Crippen LogP contribution is -2.25. The largest absolute Gasteiger partial charge is 0.329 e. The lowest BCUT2D eigenvalue weighted by molar-refractivity contribution is 0.336. The highest BCUT2D eigenvalue weighted by atomic mass is 35.5. The van der Waals surface area contributed by atoms with Gasteiger partial charge in [0, 0.05) is 19.6 Å². The first-order chi connectivity index (χ1) is 6.65. The topological polar surface area (TPSA) is 29.3 Å². The van der Waals surface area contributed by atoms with Gasteiger partial charge in [-0.15, -0.1) is 0 Å². The van der Waals surface area contributed by atoms with Crippen LogP contribution < -0.4 is 5.73 Å². The molecule has 14 heavy (non-hydrogen) atoms. The Labute approximate surface area is 88.5 Å². The average molecular weight is 217 g/mol. The third kappa shape index (κ3) is 2.94. The zero-order chi connectivity index (χ0) is 10.6. The summed E-state index contributed by atoms with van der Waals surface area (Å²) in [4.78, 5) is 2.00. The van der Waals surface area contributed by atoms with Crippen LogP contribution >= 0.6 is 11.6 Å². The fraction of sp³-hybridized carbons (Fsp3) is 0.400. The Morgan fingerprint density at radius 2 is 2.21 bits per heavy atom. The van der Waals surface area contributed by atoms with E-state index in [0.29, 0.717) is 13.1 Å². The second-order valence-corrected chi connectivity index (χ2v) is 3.62. The maximum Gasteiger partial charge on any atom is 0.142 e. The molecule has 0 aliphatic heterocycles. The molecule has 0 aliphatic carbocycles. The Morgan fingerprint density at radius 1 is 1.50 bits per heavy atom. The van der Waals surface area contributed by atoms with E-state index in [1.54, 1.807) is 6.07 Å². The molecular weight excluding hydrogens is 203 g/mol. The van der Waals surface area contributed by atoms with Gasteiger partial charge in [0.05, 0.1) is 5.02 Å². The van der Waals surface area contributed by atoms with E-state index in [2.05, 4.69) is 0 Å². The van der Waals surface area contributed by atoms with Crippen LogP contribution in [0.1, 0.15) is 5.56 Å². The Kier molecular flexibility index (Phi) is 4.32. The van der Waals surface area contributed by atoms with Crippen molar-refractivity contribution in [1.29, 1.82) is 0 Å². The lowest BCUT2D eigenvalue weighted by atomic mass is 10.2. The van der Waals surface area contributed by atoms with Gasteiger partial charge in [-0.2, -0.15) is 0 Å². The summed E-state index contributed by atoms with van der Waals surface area (Å²) in [5, 5.41) is 0.205. The van der Waals surface area contributed by atoms with Crippen molar-refractivity contribution in [3.63, 3.8) is 0 Å². The van der Waals surface area contributed by atoms with Crippen LogP contribution in [-0.2, 0) is 6.54 Å². The number of rotatable bonds is 4. The maximum absolute atomic E-state index is 13.0. The van der Waals surface area contributed by atoms with Crippen LogP contribution in [0.15, 0.2) is 18.2 Å². The molecule has 0 bridgehead atoms. The number of nitrogens with zero attached hydrogens (tertiary/aromatic N) is 1. The molecule has 0 saturated carbocycles. The van der Waals surface area contributed by atoms with E-state index in [9.17, 15) is 4.39 Å². The molecular formula is C10H14ClFN2. The molecule has 1 aromatic carbocycles. The van der Waals surface area contributed by atoms with E-state index < -0.39 is 0 Å². The number of hydrogen-bond acceptors (Lipinski definition) is 2. The first-order valence-electron chi connectivity index (χ1n) is 4.46. The number of likely N-dealkylation sites (N-methyl/N-ethyl adjacent to an activating group) is 1. The van der Waals surface area contributed by atoms with Gasteiger partial charge in [-0.25, -0.2) is 4.39 Å². The number of nitrogens with two attached hydrogens (primary N) is 1. The first-order valence-corrected chi connectivity index (χ1v) is 4.84. The highest BCUT2D eigenvalue weighted by molar-refractivity contribution is 6.31. The van der Waals surface area contributed by atoms with E-state index in [0.717, 1.165) is 12.1 Å². The van der Waals surface area contributed by atoms with E-state index in [-0.39, 0.29) is 10.8 Å². The van der Waals surface area contributed by atoms with Crippen LogP contribution in [0.3, 0.4) is 0 Å². The monoisotopic (exact) mass is 216 g/mol.